The van der Waals surface area contributed by atoms with E-state index in [2.05, 4.69) is 15.5 Å². The first-order valence-corrected chi connectivity index (χ1v) is 7.37. The third-order valence-electron chi connectivity index (χ3n) is 3.72. The maximum Gasteiger partial charge on any atom is 0.261 e. The number of fused-ring (bicyclic) bond motifs is 1. The molecule has 7 nitrogen and oxygen atoms in total. The fourth-order valence-electron chi connectivity index (χ4n) is 2.50. The van der Waals surface area contributed by atoms with E-state index in [9.17, 15) is 14.4 Å². The second-order valence-electron chi connectivity index (χ2n) is 5.24. The maximum absolute atomic E-state index is 12.2. The number of nitrogens with one attached hydrogen (secondary N) is 2. The third-order valence-corrected chi connectivity index (χ3v) is 3.72. The van der Waals surface area contributed by atoms with Crippen LogP contribution in [0.25, 0.3) is 0 Å². The molecule has 1 aromatic carbocycles. The molecule has 3 rings (SSSR count). The molecule has 0 unspecified atom stereocenters. The molecule has 0 atom stereocenters. The molecular weight excluding hydrogens is 296 g/mol. The number of carbonyl (C=O) groups is 3. The number of imide groups is 1. The average molecular weight is 312 g/mol. The summed E-state index contributed by atoms with van der Waals surface area (Å²) < 4.78 is 0. The fourth-order valence-corrected chi connectivity index (χ4v) is 2.50. The lowest BCUT2D eigenvalue weighted by Gasteiger charge is -2.13. The number of amides is 3. The molecule has 2 N–H and O–H groups in total. The number of hydrogen-bond donors (Lipinski definition) is 2. The van der Waals surface area contributed by atoms with E-state index in [1.54, 1.807) is 30.5 Å². The van der Waals surface area contributed by atoms with Crippen LogP contribution in [0.1, 0.15) is 32.8 Å². The normalized spacial score (nSPS) is 13.3. The van der Waals surface area contributed by atoms with Gasteiger partial charge in [0.1, 0.15) is 0 Å². The minimum absolute atomic E-state index is 0.0856. The molecule has 0 aliphatic carbocycles. The Morgan fingerprint density at radius 2 is 1.83 bits per heavy atom. The molecule has 0 radical (unpaired) electrons. The Bertz CT molecular complexity index is 705. The van der Waals surface area contributed by atoms with Crippen molar-refractivity contribution >= 4 is 17.7 Å². The Balaban J connectivity index is 1.48. The number of rotatable bonds is 6. The van der Waals surface area contributed by atoms with Crippen LogP contribution in [-0.2, 0) is 11.2 Å². The molecular formula is C16H16N4O3. The van der Waals surface area contributed by atoms with Gasteiger partial charge in [-0.05, 0) is 18.2 Å². The van der Waals surface area contributed by atoms with Gasteiger partial charge in [0.15, 0.2) is 0 Å². The quantitative estimate of drug-likeness (QED) is 0.770. The van der Waals surface area contributed by atoms with E-state index in [1.165, 1.54) is 0 Å². The molecule has 3 amide bonds. The van der Waals surface area contributed by atoms with Crippen LogP contribution >= 0.6 is 0 Å². The van der Waals surface area contributed by atoms with Gasteiger partial charge in [-0.25, -0.2) is 0 Å². The molecule has 23 heavy (non-hydrogen) atoms. The number of hydrogen-bond acceptors (Lipinski definition) is 4. The second kappa shape index (κ2) is 6.43. The Hall–Kier alpha value is -2.96. The lowest BCUT2D eigenvalue weighted by atomic mass is 10.1. The Morgan fingerprint density at radius 3 is 2.43 bits per heavy atom. The third kappa shape index (κ3) is 3.13. The summed E-state index contributed by atoms with van der Waals surface area (Å²) in [7, 11) is 0. The molecule has 1 aliphatic rings. The van der Waals surface area contributed by atoms with Crippen molar-refractivity contribution in [2.75, 3.05) is 13.1 Å². The molecule has 0 spiro atoms. The average Bonchev–Trinajstić information content (AvgIpc) is 3.15. The highest BCUT2D eigenvalue weighted by Crippen LogP contribution is 2.22. The van der Waals surface area contributed by atoms with Crippen molar-refractivity contribution in [3.8, 4) is 0 Å². The van der Waals surface area contributed by atoms with Gasteiger partial charge < -0.3 is 5.32 Å². The van der Waals surface area contributed by atoms with Crippen LogP contribution < -0.4 is 5.32 Å². The van der Waals surface area contributed by atoms with Gasteiger partial charge in [-0.2, -0.15) is 5.10 Å². The van der Waals surface area contributed by atoms with Crippen molar-refractivity contribution in [2.24, 2.45) is 0 Å². The van der Waals surface area contributed by atoms with Crippen LogP contribution in [0.3, 0.4) is 0 Å². The van der Waals surface area contributed by atoms with Crippen molar-refractivity contribution in [1.29, 1.82) is 0 Å². The second-order valence-corrected chi connectivity index (χ2v) is 5.24. The Labute approximate surface area is 132 Å². The van der Waals surface area contributed by atoms with Crippen molar-refractivity contribution < 1.29 is 14.4 Å². The van der Waals surface area contributed by atoms with Crippen molar-refractivity contribution in [2.45, 2.75) is 12.8 Å². The smallest absolute Gasteiger partial charge is 0.261 e. The van der Waals surface area contributed by atoms with E-state index in [0.717, 1.165) is 10.6 Å². The summed E-state index contributed by atoms with van der Waals surface area (Å²) in [5, 5.41) is 9.40. The van der Waals surface area contributed by atoms with Crippen LogP contribution in [0.2, 0.25) is 0 Å². The van der Waals surface area contributed by atoms with Gasteiger partial charge in [0.05, 0.1) is 11.1 Å². The number of nitrogens with zero attached hydrogens (tertiary/aromatic N) is 2. The molecule has 118 valence electrons. The highest BCUT2D eigenvalue weighted by molar-refractivity contribution is 6.21. The minimum Gasteiger partial charge on any atom is -0.356 e. The highest BCUT2D eigenvalue weighted by atomic mass is 16.2. The molecule has 1 aliphatic heterocycles. The van der Waals surface area contributed by atoms with E-state index in [0.29, 0.717) is 24.1 Å². The summed E-state index contributed by atoms with van der Waals surface area (Å²) in [6, 6.07) is 8.52. The van der Waals surface area contributed by atoms with Crippen LogP contribution in [0.15, 0.2) is 36.5 Å². The Kier molecular flexibility index (Phi) is 4.18. The van der Waals surface area contributed by atoms with Crippen molar-refractivity contribution in [3.05, 3.63) is 53.3 Å². The minimum atomic E-state index is -0.337. The first-order valence-electron chi connectivity index (χ1n) is 7.37. The van der Waals surface area contributed by atoms with E-state index in [-0.39, 0.29) is 30.7 Å². The summed E-state index contributed by atoms with van der Waals surface area (Å²) >= 11 is 0. The van der Waals surface area contributed by atoms with Gasteiger partial charge in [-0.1, -0.05) is 12.1 Å². The zero-order valence-electron chi connectivity index (χ0n) is 12.4. The first-order chi connectivity index (χ1) is 11.2. The van der Waals surface area contributed by atoms with Crippen LogP contribution in [0.4, 0.5) is 0 Å². The van der Waals surface area contributed by atoms with Crippen LogP contribution in [0.5, 0.6) is 0 Å². The Morgan fingerprint density at radius 1 is 1.13 bits per heavy atom. The summed E-state index contributed by atoms with van der Waals surface area (Å²) in [6.45, 7) is 0.561. The predicted molar refractivity (Wildman–Crippen MR) is 81.7 cm³/mol. The number of H-pyrrole nitrogens is 1. The molecule has 0 saturated carbocycles. The van der Waals surface area contributed by atoms with Gasteiger partial charge >= 0.3 is 0 Å². The van der Waals surface area contributed by atoms with Gasteiger partial charge in [-0.3, -0.25) is 24.4 Å². The molecule has 7 heteroatoms. The topological polar surface area (TPSA) is 95.2 Å². The molecule has 2 aromatic rings. The van der Waals surface area contributed by atoms with Gasteiger partial charge in [-0.15, -0.1) is 0 Å². The lowest BCUT2D eigenvalue weighted by molar-refractivity contribution is -0.121. The predicted octanol–water partition coefficient (Wildman–Crippen LogP) is 0.755. The SMILES string of the molecule is O=C(CCN1C(=O)c2ccccc2C1=O)NCCc1ccn[nH]1. The lowest BCUT2D eigenvalue weighted by Crippen LogP contribution is -2.35. The fraction of sp³-hybridized carbons (Fsp3) is 0.250. The largest absolute Gasteiger partial charge is 0.356 e. The van der Waals surface area contributed by atoms with Gasteiger partial charge in [0.2, 0.25) is 5.91 Å². The van der Waals surface area contributed by atoms with Gasteiger partial charge in [0, 0.05) is 37.8 Å². The van der Waals surface area contributed by atoms with Crippen LogP contribution in [-0.4, -0.2) is 45.9 Å². The molecule has 0 saturated heterocycles. The molecule has 0 bridgehead atoms. The molecule has 2 heterocycles. The first kappa shape index (κ1) is 15.0. The number of benzene rings is 1. The molecule has 0 fully saturated rings. The summed E-state index contributed by atoms with van der Waals surface area (Å²) in [5.41, 5.74) is 1.74. The number of carbonyl (C=O) groups excluding carboxylic acids is 3. The maximum atomic E-state index is 12.2. The van der Waals surface area contributed by atoms with Gasteiger partial charge in [0.25, 0.3) is 11.8 Å². The van der Waals surface area contributed by atoms with E-state index >= 15 is 0 Å². The van der Waals surface area contributed by atoms with Crippen molar-refractivity contribution in [1.82, 2.24) is 20.4 Å². The monoisotopic (exact) mass is 312 g/mol. The summed E-state index contributed by atoms with van der Waals surface area (Å²) in [6.07, 6.45) is 2.40. The summed E-state index contributed by atoms with van der Waals surface area (Å²) in [4.78, 5) is 37.3. The summed E-state index contributed by atoms with van der Waals surface area (Å²) in [5.74, 6) is -0.868. The standard InChI is InChI=1S/C16H16N4O3/c21-14(17-8-5-11-6-9-18-19-11)7-10-20-15(22)12-3-1-2-4-13(12)16(20)23/h1-4,6,9H,5,7-8,10H2,(H,17,21)(H,18,19). The number of aromatic amines is 1. The van der Waals surface area contributed by atoms with E-state index in [4.69, 9.17) is 0 Å². The zero-order valence-corrected chi connectivity index (χ0v) is 12.4. The molecule has 1 aromatic heterocycles. The van der Waals surface area contributed by atoms with Crippen LogP contribution in [0, 0.1) is 0 Å². The highest BCUT2D eigenvalue weighted by Gasteiger charge is 2.34. The van der Waals surface area contributed by atoms with Crippen molar-refractivity contribution in [3.63, 3.8) is 0 Å². The van der Waals surface area contributed by atoms with E-state index in [1.807, 2.05) is 6.07 Å². The van der Waals surface area contributed by atoms with E-state index < -0.39 is 0 Å². The number of aromatic nitrogens is 2. The zero-order chi connectivity index (χ0) is 16.2.